The van der Waals surface area contributed by atoms with Gasteiger partial charge in [-0.2, -0.15) is 0 Å². The molecule has 2 rings (SSSR count). The fourth-order valence-electron chi connectivity index (χ4n) is 1.90. The Labute approximate surface area is 112 Å². The first kappa shape index (κ1) is 15.1. The minimum Gasteiger partial charge on any atom is -0.480 e. The summed E-state index contributed by atoms with van der Waals surface area (Å²) in [5.41, 5.74) is 1.57. The van der Waals surface area contributed by atoms with E-state index in [2.05, 4.69) is 4.98 Å². The van der Waals surface area contributed by atoms with Gasteiger partial charge in [-0.15, -0.1) is 0 Å². The lowest BCUT2D eigenvalue weighted by Gasteiger charge is -2.20. The number of likely N-dealkylation sites (N-methyl/N-ethyl adjacent to an activating group) is 1. The molecule has 1 atom stereocenters. The van der Waals surface area contributed by atoms with Gasteiger partial charge in [-0.1, -0.05) is 18.2 Å². The lowest BCUT2D eigenvalue weighted by molar-refractivity contribution is -0.142. The van der Waals surface area contributed by atoms with Gasteiger partial charge in [-0.05, 0) is 31.8 Å². The van der Waals surface area contributed by atoms with Crippen molar-refractivity contribution in [3.8, 4) is 0 Å². The van der Waals surface area contributed by atoms with Crippen LogP contribution in [0.1, 0.15) is 11.6 Å². The molecule has 102 valence electrons. The highest BCUT2D eigenvalue weighted by atomic mass is 16.4. The summed E-state index contributed by atoms with van der Waals surface area (Å²) < 4.78 is 0. The number of aliphatic hydroxyl groups excluding tert-OH is 1. The van der Waals surface area contributed by atoms with E-state index < -0.39 is 12.0 Å². The molecule has 0 aliphatic carbocycles. The van der Waals surface area contributed by atoms with Gasteiger partial charge in [0.05, 0.1) is 5.52 Å². The van der Waals surface area contributed by atoms with Crippen LogP contribution in [0.15, 0.2) is 36.5 Å². The molecule has 19 heavy (non-hydrogen) atoms. The molecule has 0 amide bonds. The smallest absolute Gasteiger partial charge is 0.325 e. The molecule has 0 spiro atoms. The molecular weight excluding hydrogens is 244 g/mol. The highest BCUT2D eigenvalue weighted by Crippen LogP contribution is 2.21. The van der Waals surface area contributed by atoms with E-state index in [1.165, 1.54) is 0 Å². The van der Waals surface area contributed by atoms with Crippen molar-refractivity contribution >= 4 is 16.9 Å². The van der Waals surface area contributed by atoms with E-state index in [9.17, 15) is 9.90 Å². The van der Waals surface area contributed by atoms with Gasteiger partial charge >= 0.3 is 5.97 Å². The van der Waals surface area contributed by atoms with E-state index in [4.69, 9.17) is 5.11 Å². The maximum Gasteiger partial charge on any atom is 0.325 e. The van der Waals surface area contributed by atoms with Crippen molar-refractivity contribution < 1.29 is 15.0 Å². The average molecular weight is 262 g/mol. The second kappa shape index (κ2) is 6.82. The molecule has 1 aromatic carbocycles. The summed E-state index contributed by atoms with van der Waals surface area (Å²) in [7, 11) is 4.49. The number of carboxylic acid groups (broad SMARTS) is 1. The van der Waals surface area contributed by atoms with Crippen LogP contribution in [0.25, 0.3) is 10.9 Å². The highest BCUT2D eigenvalue weighted by Gasteiger charge is 2.22. The van der Waals surface area contributed by atoms with Crippen molar-refractivity contribution in [2.45, 2.75) is 6.04 Å². The summed E-state index contributed by atoms with van der Waals surface area (Å²) >= 11 is 0. The van der Waals surface area contributed by atoms with Crippen LogP contribution in [0, 0.1) is 0 Å². The van der Waals surface area contributed by atoms with Crippen LogP contribution < -0.4 is 0 Å². The molecule has 1 aromatic heterocycles. The second-order valence-electron chi connectivity index (χ2n) is 4.17. The lowest BCUT2D eigenvalue weighted by atomic mass is 10.1. The van der Waals surface area contributed by atoms with Crippen LogP contribution in [0.2, 0.25) is 0 Å². The molecule has 0 saturated heterocycles. The van der Waals surface area contributed by atoms with Gasteiger partial charge in [-0.25, -0.2) is 0 Å². The summed E-state index contributed by atoms with van der Waals surface area (Å²) in [4.78, 5) is 17.1. The zero-order valence-corrected chi connectivity index (χ0v) is 11.2. The third-order valence-electron chi connectivity index (χ3n) is 2.68. The van der Waals surface area contributed by atoms with Gasteiger partial charge in [-0.3, -0.25) is 14.7 Å². The minimum absolute atomic E-state index is 0.660. The van der Waals surface area contributed by atoms with Crippen molar-refractivity contribution in [1.82, 2.24) is 9.88 Å². The van der Waals surface area contributed by atoms with Crippen LogP contribution >= 0.6 is 0 Å². The van der Waals surface area contributed by atoms with Crippen LogP contribution in [-0.4, -0.2) is 47.3 Å². The van der Waals surface area contributed by atoms with Crippen LogP contribution in [0.3, 0.4) is 0 Å². The van der Waals surface area contributed by atoms with Crippen LogP contribution in [0.4, 0.5) is 0 Å². The lowest BCUT2D eigenvalue weighted by Crippen LogP contribution is -2.27. The molecular formula is C14H18N2O3. The topological polar surface area (TPSA) is 73.7 Å². The quantitative estimate of drug-likeness (QED) is 0.877. The first-order valence-electron chi connectivity index (χ1n) is 5.78. The zero-order valence-electron chi connectivity index (χ0n) is 11.2. The predicted molar refractivity (Wildman–Crippen MR) is 73.9 cm³/mol. The highest BCUT2D eigenvalue weighted by molar-refractivity contribution is 5.82. The summed E-state index contributed by atoms with van der Waals surface area (Å²) in [5.74, 6) is -0.868. The van der Waals surface area contributed by atoms with Crippen molar-refractivity contribution in [2.75, 3.05) is 21.2 Å². The molecule has 5 heteroatoms. The standard InChI is InChI=1S/C13H14N2O2.CH4O/c1-15(2)12(13(16)17)10-7-9-5-3-4-6-11(9)14-8-10;1-2/h3-8,12H,1-2H3,(H,16,17);2H,1H3. The molecule has 2 aromatic rings. The number of pyridine rings is 1. The number of hydrogen-bond acceptors (Lipinski definition) is 4. The zero-order chi connectivity index (χ0) is 14.4. The molecule has 1 heterocycles. The van der Waals surface area contributed by atoms with Crippen molar-refractivity contribution in [3.63, 3.8) is 0 Å². The number of carboxylic acids is 1. The molecule has 0 saturated carbocycles. The Bertz CT molecular complexity index is 555. The fraction of sp³-hybridized carbons (Fsp3) is 0.286. The minimum atomic E-state index is -0.868. The number of hydrogen-bond donors (Lipinski definition) is 2. The number of benzene rings is 1. The molecule has 0 fully saturated rings. The van der Waals surface area contributed by atoms with Crippen molar-refractivity contribution in [1.29, 1.82) is 0 Å². The Morgan fingerprint density at radius 1 is 1.26 bits per heavy atom. The first-order chi connectivity index (χ1) is 9.09. The van der Waals surface area contributed by atoms with E-state index in [-0.39, 0.29) is 0 Å². The first-order valence-corrected chi connectivity index (χ1v) is 5.78. The van der Waals surface area contributed by atoms with Gasteiger partial charge in [0.1, 0.15) is 6.04 Å². The Morgan fingerprint density at radius 2 is 1.89 bits per heavy atom. The van der Waals surface area contributed by atoms with Crippen LogP contribution in [0.5, 0.6) is 0 Å². The van der Waals surface area contributed by atoms with Gasteiger partial charge in [0.15, 0.2) is 0 Å². The van der Waals surface area contributed by atoms with E-state index in [1.54, 1.807) is 25.2 Å². The molecule has 0 aliphatic rings. The number of aliphatic hydroxyl groups is 1. The Hall–Kier alpha value is -1.98. The van der Waals surface area contributed by atoms with Gasteiger partial charge in [0, 0.05) is 18.7 Å². The summed E-state index contributed by atoms with van der Waals surface area (Å²) in [6.45, 7) is 0. The summed E-state index contributed by atoms with van der Waals surface area (Å²) in [6, 6.07) is 8.88. The molecule has 5 nitrogen and oxygen atoms in total. The number of aliphatic carboxylic acids is 1. The van der Waals surface area contributed by atoms with Crippen LogP contribution in [-0.2, 0) is 4.79 Å². The molecule has 0 radical (unpaired) electrons. The monoisotopic (exact) mass is 262 g/mol. The molecule has 1 unspecified atom stereocenters. The number of para-hydroxylation sites is 1. The Balaban J connectivity index is 0.000000861. The maximum absolute atomic E-state index is 11.2. The number of carbonyl (C=O) groups is 1. The molecule has 0 bridgehead atoms. The van der Waals surface area contributed by atoms with Crippen molar-refractivity contribution in [2.24, 2.45) is 0 Å². The molecule has 0 aliphatic heterocycles. The van der Waals surface area contributed by atoms with Gasteiger partial charge < -0.3 is 10.2 Å². The van der Waals surface area contributed by atoms with E-state index in [1.807, 2.05) is 30.3 Å². The molecule has 2 N–H and O–H groups in total. The SMILES string of the molecule is CN(C)C(C(=O)O)c1cnc2ccccc2c1.CO. The number of aromatic nitrogens is 1. The normalized spacial score (nSPS) is 11.8. The summed E-state index contributed by atoms with van der Waals surface area (Å²) in [6.07, 6.45) is 1.63. The third kappa shape index (κ3) is 3.49. The number of rotatable bonds is 3. The van der Waals surface area contributed by atoms with E-state index >= 15 is 0 Å². The predicted octanol–water partition coefficient (Wildman–Crippen LogP) is 1.53. The average Bonchev–Trinajstić information content (AvgIpc) is 2.40. The number of nitrogens with zero attached hydrogens (tertiary/aromatic N) is 2. The van der Waals surface area contributed by atoms with E-state index in [0.717, 1.165) is 18.0 Å². The Morgan fingerprint density at radius 3 is 2.47 bits per heavy atom. The third-order valence-corrected chi connectivity index (χ3v) is 2.68. The maximum atomic E-state index is 11.2. The summed E-state index contributed by atoms with van der Waals surface area (Å²) in [5, 5.41) is 17.2. The van der Waals surface area contributed by atoms with Gasteiger partial charge in [0.25, 0.3) is 0 Å². The van der Waals surface area contributed by atoms with E-state index in [0.29, 0.717) is 5.56 Å². The van der Waals surface area contributed by atoms with Gasteiger partial charge in [0.2, 0.25) is 0 Å². The number of fused-ring (bicyclic) bond motifs is 1. The second-order valence-corrected chi connectivity index (χ2v) is 4.17. The largest absolute Gasteiger partial charge is 0.480 e. The fourth-order valence-corrected chi connectivity index (χ4v) is 1.90. The van der Waals surface area contributed by atoms with Crippen molar-refractivity contribution in [3.05, 3.63) is 42.1 Å². The Kier molecular flexibility index (Phi) is 5.41.